The van der Waals surface area contributed by atoms with Crippen molar-refractivity contribution in [3.8, 4) is 5.75 Å². The summed E-state index contributed by atoms with van der Waals surface area (Å²) in [6.45, 7) is 1.89. The van der Waals surface area contributed by atoms with Gasteiger partial charge in [-0.1, -0.05) is 0 Å². The van der Waals surface area contributed by atoms with Crippen LogP contribution in [0.15, 0.2) is 18.2 Å². The van der Waals surface area contributed by atoms with Crippen LogP contribution in [0, 0.1) is 0 Å². The van der Waals surface area contributed by atoms with Gasteiger partial charge in [0, 0.05) is 0 Å². The summed E-state index contributed by atoms with van der Waals surface area (Å²) in [6.07, 6.45) is -0.170. The first kappa shape index (κ1) is 17.0. The average Bonchev–Trinajstić information content (AvgIpc) is 3.23. The Hall–Kier alpha value is -2.36. The molecule has 2 unspecified atom stereocenters. The lowest BCUT2D eigenvalue weighted by Gasteiger charge is -2.14. The molecule has 1 saturated heterocycles. The second-order valence-corrected chi connectivity index (χ2v) is 5.08. The number of nitrogens with zero attached hydrogens (tertiary/aromatic N) is 1. The van der Waals surface area contributed by atoms with E-state index >= 15 is 0 Å². The van der Waals surface area contributed by atoms with Gasteiger partial charge in [-0.3, -0.25) is 10.2 Å². The normalized spacial score (nSPS) is 19.3. The molecule has 2 atom stereocenters. The third-order valence-electron chi connectivity index (χ3n) is 3.22. The van der Waals surface area contributed by atoms with Gasteiger partial charge in [0.05, 0.1) is 24.6 Å². The number of carbonyl (C=O) groups is 2. The minimum Gasteiger partial charge on any atom is -0.507 e. The van der Waals surface area contributed by atoms with Crippen molar-refractivity contribution in [2.45, 2.75) is 19.3 Å². The van der Waals surface area contributed by atoms with Crippen LogP contribution in [0.25, 0.3) is 0 Å². The van der Waals surface area contributed by atoms with Gasteiger partial charge in [0.25, 0.3) is 0 Å². The molecule has 1 heterocycles. The Labute approximate surface area is 133 Å². The van der Waals surface area contributed by atoms with Crippen LogP contribution in [0.1, 0.15) is 17.3 Å². The van der Waals surface area contributed by atoms with Crippen LogP contribution in [0.3, 0.4) is 0 Å². The zero-order valence-corrected chi connectivity index (χ0v) is 12.9. The van der Waals surface area contributed by atoms with Crippen LogP contribution in [0.4, 0.5) is 5.69 Å². The molecular formula is C14H20N4O5. The van der Waals surface area contributed by atoms with E-state index in [0.29, 0.717) is 5.69 Å². The first-order valence-electron chi connectivity index (χ1n) is 7.10. The minimum atomic E-state index is -0.659. The second-order valence-electron chi connectivity index (χ2n) is 5.08. The highest BCUT2D eigenvalue weighted by Crippen LogP contribution is 2.22. The van der Waals surface area contributed by atoms with Gasteiger partial charge in [-0.05, 0) is 32.2 Å². The highest BCUT2D eigenvalue weighted by Gasteiger charge is 2.36. The number of nitrogens with one attached hydrogen (secondary N) is 2. The van der Waals surface area contributed by atoms with Gasteiger partial charge in [-0.15, -0.1) is 0 Å². The van der Waals surface area contributed by atoms with Crippen LogP contribution < -0.4 is 16.5 Å². The fourth-order valence-electron chi connectivity index (χ4n) is 1.97. The number of benzene rings is 1. The smallest absolute Gasteiger partial charge is 0.345 e. The van der Waals surface area contributed by atoms with E-state index in [2.05, 4.69) is 10.8 Å². The lowest BCUT2D eigenvalue weighted by Crippen LogP contribution is -2.33. The number of aromatic hydroxyl groups is 1. The molecule has 1 aliphatic heterocycles. The molecule has 1 aromatic carbocycles. The van der Waals surface area contributed by atoms with E-state index in [1.165, 1.54) is 18.2 Å². The summed E-state index contributed by atoms with van der Waals surface area (Å²) in [5.41, 5.74) is 8.36. The quantitative estimate of drug-likeness (QED) is 0.228. The van der Waals surface area contributed by atoms with Crippen molar-refractivity contribution in [2.24, 2.45) is 5.73 Å². The molecule has 5 N–H and O–H groups in total. The van der Waals surface area contributed by atoms with Crippen molar-refractivity contribution in [3.05, 3.63) is 23.8 Å². The molecule has 126 valence electrons. The molecule has 0 bridgehead atoms. The lowest BCUT2D eigenvalue weighted by atomic mass is 10.2. The SMILES string of the molecule is CCOC(=O)c1cc(NOC(=O)CN(C)C2NC2N)ccc1O. The average molecular weight is 324 g/mol. The standard InChI is InChI=1S/C14H20N4O5/c1-3-22-14(21)9-6-8(4-5-10(9)19)17-23-11(20)7-18(2)13-12(15)16-13/h4-6,12-13,16-17,19H,3,7,15H2,1-2H3. The summed E-state index contributed by atoms with van der Waals surface area (Å²) in [5.74, 6) is -1.39. The highest BCUT2D eigenvalue weighted by molar-refractivity contribution is 5.93. The molecule has 1 fully saturated rings. The Balaban J connectivity index is 1.88. The first-order chi connectivity index (χ1) is 10.9. The van der Waals surface area contributed by atoms with E-state index in [1.807, 2.05) is 0 Å². The number of nitrogens with two attached hydrogens (primary N) is 1. The van der Waals surface area contributed by atoms with Crippen LogP contribution in [0.2, 0.25) is 0 Å². The molecule has 2 rings (SSSR count). The van der Waals surface area contributed by atoms with Crippen molar-refractivity contribution >= 4 is 17.6 Å². The predicted octanol–water partition coefficient (Wildman–Crippen LogP) is -0.415. The first-order valence-corrected chi connectivity index (χ1v) is 7.10. The maximum absolute atomic E-state index is 11.7. The fraction of sp³-hybridized carbons (Fsp3) is 0.429. The Morgan fingerprint density at radius 2 is 2.17 bits per heavy atom. The summed E-state index contributed by atoms with van der Waals surface area (Å²) < 4.78 is 4.83. The predicted molar refractivity (Wildman–Crippen MR) is 81.3 cm³/mol. The van der Waals surface area contributed by atoms with E-state index in [-0.39, 0.29) is 36.8 Å². The molecule has 0 saturated carbocycles. The zero-order valence-electron chi connectivity index (χ0n) is 12.9. The van der Waals surface area contributed by atoms with Gasteiger partial charge in [0.15, 0.2) is 0 Å². The molecule has 0 amide bonds. The maximum atomic E-state index is 11.7. The Morgan fingerprint density at radius 3 is 2.78 bits per heavy atom. The van der Waals surface area contributed by atoms with Gasteiger partial charge in [0.1, 0.15) is 17.9 Å². The molecule has 23 heavy (non-hydrogen) atoms. The third kappa shape index (κ3) is 4.55. The van der Waals surface area contributed by atoms with Gasteiger partial charge < -0.3 is 20.4 Å². The number of carbonyl (C=O) groups excluding carboxylic acids is 2. The van der Waals surface area contributed by atoms with Gasteiger partial charge >= 0.3 is 11.9 Å². The summed E-state index contributed by atoms with van der Waals surface area (Å²) >= 11 is 0. The van der Waals surface area contributed by atoms with E-state index < -0.39 is 11.9 Å². The van der Waals surface area contributed by atoms with Crippen LogP contribution in [0.5, 0.6) is 5.75 Å². The molecule has 9 heteroatoms. The minimum absolute atomic E-state index is 0.0156. The number of anilines is 1. The summed E-state index contributed by atoms with van der Waals surface area (Å²) in [5, 5.41) is 12.6. The van der Waals surface area contributed by atoms with Gasteiger partial charge in [0.2, 0.25) is 0 Å². The molecule has 0 aromatic heterocycles. The van der Waals surface area contributed by atoms with Crippen molar-refractivity contribution < 1.29 is 24.3 Å². The zero-order chi connectivity index (χ0) is 17.0. The number of hydrogen-bond acceptors (Lipinski definition) is 9. The fourth-order valence-corrected chi connectivity index (χ4v) is 1.97. The third-order valence-corrected chi connectivity index (χ3v) is 3.22. The number of phenols is 1. The molecule has 0 aliphatic carbocycles. The Bertz CT molecular complexity index is 595. The number of hydrogen-bond donors (Lipinski definition) is 4. The lowest BCUT2D eigenvalue weighted by molar-refractivity contribution is -0.141. The van der Waals surface area contributed by atoms with Gasteiger partial charge in [-0.2, -0.15) is 0 Å². The van der Waals surface area contributed by atoms with E-state index in [9.17, 15) is 14.7 Å². The van der Waals surface area contributed by atoms with E-state index in [1.54, 1.807) is 18.9 Å². The van der Waals surface area contributed by atoms with Crippen molar-refractivity contribution in [2.75, 3.05) is 25.7 Å². The number of ether oxygens (including phenoxy) is 1. The highest BCUT2D eigenvalue weighted by atomic mass is 16.7. The topological polar surface area (TPSA) is 136 Å². The number of rotatable bonds is 7. The van der Waals surface area contributed by atoms with Crippen LogP contribution in [-0.2, 0) is 14.4 Å². The molecule has 1 aromatic rings. The summed E-state index contributed by atoms with van der Waals surface area (Å²) in [4.78, 5) is 30.0. The van der Waals surface area contributed by atoms with E-state index in [0.717, 1.165) is 0 Å². The number of esters is 1. The molecule has 0 radical (unpaired) electrons. The van der Waals surface area contributed by atoms with Crippen LogP contribution >= 0.6 is 0 Å². The molecule has 0 spiro atoms. The summed E-state index contributed by atoms with van der Waals surface area (Å²) in [7, 11) is 1.74. The van der Waals surface area contributed by atoms with Crippen LogP contribution in [-0.4, -0.2) is 54.5 Å². The number of phenolic OH excluding ortho intramolecular Hbond substituents is 1. The van der Waals surface area contributed by atoms with Crippen molar-refractivity contribution in [1.82, 2.24) is 10.2 Å². The van der Waals surface area contributed by atoms with E-state index in [4.69, 9.17) is 15.3 Å². The van der Waals surface area contributed by atoms with Crippen molar-refractivity contribution in [3.63, 3.8) is 0 Å². The largest absolute Gasteiger partial charge is 0.507 e. The Kier molecular flexibility index (Phi) is 5.37. The monoisotopic (exact) mass is 324 g/mol. The van der Waals surface area contributed by atoms with Gasteiger partial charge in [-0.25, -0.2) is 15.1 Å². The number of likely N-dealkylation sites (N-methyl/N-ethyl adjacent to an activating group) is 1. The molecule has 9 nitrogen and oxygen atoms in total. The van der Waals surface area contributed by atoms with Crippen molar-refractivity contribution in [1.29, 1.82) is 0 Å². The Morgan fingerprint density at radius 1 is 1.48 bits per heavy atom. The summed E-state index contributed by atoms with van der Waals surface area (Å²) in [6, 6.07) is 4.11. The second kappa shape index (κ2) is 7.27. The molecule has 1 aliphatic rings. The molecular weight excluding hydrogens is 304 g/mol. The maximum Gasteiger partial charge on any atom is 0.345 e.